The second-order valence-electron chi connectivity index (χ2n) is 6.27. The number of allylic oxidation sites excluding steroid dienone is 1. The molecule has 144 valence electrons. The first-order valence-corrected chi connectivity index (χ1v) is 9.74. The molecule has 0 bridgehead atoms. The molecule has 0 saturated carbocycles. The van der Waals surface area contributed by atoms with Crippen molar-refractivity contribution in [1.82, 2.24) is 4.90 Å². The molecule has 2 heterocycles. The lowest BCUT2D eigenvalue weighted by atomic mass is 10.0. The molecule has 7 heteroatoms. The molecule has 0 saturated heterocycles. The van der Waals surface area contributed by atoms with Crippen LogP contribution in [0.4, 0.5) is 5.69 Å². The Morgan fingerprint density at radius 3 is 2.71 bits per heavy atom. The summed E-state index contributed by atoms with van der Waals surface area (Å²) in [4.78, 5) is 38.9. The number of nitrogens with zero attached hydrogens (tertiary/aromatic N) is 1. The van der Waals surface area contributed by atoms with Crippen LogP contribution >= 0.6 is 11.3 Å². The van der Waals surface area contributed by atoms with Crippen LogP contribution in [0.25, 0.3) is 0 Å². The van der Waals surface area contributed by atoms with Crippen molar-refractivity contribution in [2.45, 2.75) is 19.8 Å². The van der Waals surface area contributed by atoms with Crippen LogP contribution in [0.15, 0.2) is 59.8 Å². The van der Waals surface area contributed by atoms with Crippen LogP contribution in [0.2, 0.25) is 0 Å². The molecule has 3 rings (SSSR count). The summed E-state index contributed by atoms with van der Waals surface area (Å²) in [5.41, 5.74) is 1.59. The van der Waals surface area contributed by atoms with E-state index >= 15 is 0 Å². The van der Waals surface area contributed by atoms with Crippen LogP contribution in [0.3, 0.4) is 0 Å². The molecular formula is C21H20N2O4S. The first-order valence-electron chi connectivity index (χ1n) is 8.86. The van der Waals surface area contributed by atoms with E-state index in [1.165, 1.54) is 17.4 Å². The van der Waals surface area contributed by atoms with Gasteiger partial charge in [-0.05, 0) is 35.9 Å². The fourth-order valence-electron chi connectivity index (χ4n) is 2.96. The molecule has 2 N–H and O–H groups in total. The molecule has 1 aromatic carbocycles. The number of carboxylic acids is 1. The maximum Gasteiger partial charge on any atom is 0.337 e. The summed E-state index contributed by atoms with van der Waals surface area (Å²) < 4.78 is 0. The van der Waals surface area contributed by atoms with E-state index in [1.54, 1.807) is 41.6 Å². The summed E-state index contributed by atoms with van der Waals surface area (Å²) in [5, 5.41) is 14.0. The van der Waals surface area contributed by atoms with Gasteiger partial charge in [0.2, 0.25) is 0 Å². The average molecular weight is 396 g/mol. The van der Waals surface area contributed by atoms with E-state index in [0.29, 0.717) is 29.0 Å². The molecule has 1 aromatic heterocycles. The van der Waals surface area contributed by atoms with Gasteiger partial charge in [0.05, 0.1) is 22.7 Å². The second-order valence-corrected chi connectivity index (χ2v) is 7.22. The van der Waals surface area contributed by atoms with Crippen LogP contribution in [-0.2, 0) is 11.2 Å². The van der Waals surface area contributed by atoms with E-state index in [2.05, 4.69) is 5.32 Å². The summed E-state index contributed by atoms with van der Waals surface area (Å²) in [6, 6.07) is 8.52. The number of anilines is 1. The van der Waals surface area contributed by atoms with Gasteiger partial charge in [0, 0.05) is 18.0 Å². The normalized spacial score (nSPS) is 13.2. The molecule has 1 aliphatic heterocycles. The number of benzene rings is 1. The van der Waals surface area contributed by atoms with Gasteiger partial charge in [-0.2, -0.15) is 0 Å². The number of amides is 1. The zero-order valence-electron chi connectivity index (χ0n) is 15.3. The monoisotopic (exact) mass is 396 g/mol. The maximum atomic E-state index is 12.8. The lowest BCUT2D eigenvalue weighted by molar-refractivity contribution is -0.113. The summed E-state index contributed by atoms with van der Waals surface area (Å²) in [5.74, 6) is -1.49. The highest BCUT2D eigenvalue weighted by molar-refractivity contribution is 7.12. The summed E-state index contributed by atoms with van der Waals surface area (Å²) in [7, 11) is 0. The first kappa shape index (κ1) is 19.6. The molecule has 0 fully saturated rings. The van der Waals surface area contributed by atoms with E-state index in [0.717, 1.165) is 5.56 Å². The number of para-hydroxylation sites is 1. The van der Waals surface area contributed by atoms with Crippen molar-refractivity contribution in [1.29, 1.82) is 0 Å². The van der Waals surface area contributed by atoms with E-state index in [1.807, 2.05) is 18.4 Å². The number of hydrogen-bond acceptors (Lipinski definition) is 5. The van der Waals surface area contributed by atoms with Gasteiger partial charge < -0.3 is 15.3 Å². The van der Waals surface area contributed by atoms with Gasteiger partial charge in [-0.15, -0.1) is 11.3 Å². The van der Waals surface area contributed by atoms with Crippen molar-refractivity contribution in [2.24, 2.45) is 0 Å². The Morgan fingerprint density at radius 1 is 1.21 bits per heavy atom. The number of ketones is 1. The molecule has 0 spiro atoms. The number of carbonyl (C=O) groups excluding carboxylic acids is 2. The minimum absolute atomic E-state index is 0.0259. The second kappa shape index (κ2) is 8.67. The van der Waals surface area contributed by atoms with Gasteiger partial charge in [0.15, 0.2) is 5.78 Å². The third-order valence-electron chi connectivity index (χ3n) is 4.37. The number of nitrogens with one attached hydrogen (secondary N) is 1. The van der Waals surface area contributed by atoms with Gasteiger partial charge in [0.1, 0.15) is 0 Å². The number of hydrogen-bond donors (Lipinski definition) is 2. The summed E-state index contributed by atoms with van der Waals surface area (Å²) in [6.07, 6.45) is 6.21. The van der Waals surface area contributed by atoms with Crippen molar-refractivity contribution in [2.75, 3.05) is 11.9 Å². The van der Waals surface area contributed by atoms with Gasteiger partial charge in [-0.3, -0.25) is 9.59 Å². The standard InChI is InChI=1S/C21H20N2O4S/c1-2-14-6-3-8-16(21(26)27)19(14)22-20(25)15-7-4-10-23(12-15)13-17(24)18-9-5-11-28-18/h3-6,8-12H,2,7,13H2,1H3,(H,22,25)(H,26,27). The van der Waals surface area contributed by atoms with Crippen LogP contribution in [0, 0.1) is 0 Å². The zero-order valence-corrected chi connectivity index (χ0v) is 16.2. The highest BCUT2D eigenvalue weighted by atomic mass is 32.1. The van der Waals surface area contributed by atoms with Crippen LogP contribution in [0.5, 0.6) is 0 Å². The molecule has 6 nitrogen and oxygen atoms in total. The fraction of sp³-hybridized carbons (Fsp3) is 0.190. The van der Waals surface area contributed by atoms with Crippen LogP contribution in [0.1, 0.15) is 38.9 Å². The predicted octanol–water partition coefficient (Wildman–Crippen LogP) is 3.93. The predicted molar refractivity (Wildman–Crippen MR) is 109 cm³/mol. The Morgan fingerprint density at radius 2 is 2.04 bits per heavy atom. The first-order chi connectivity index (χ1) is 13.5. The Kier molecular flexibility index (Phi) is 6.06. The molecule has 2 aromatic rings. The van der Waals surface area contributed by atoms with Gasteiger partial charge in [0.25, 0.3) is 5.91 Å². The lowest BCUT2D eigenvalue weighted by Gasteiger charge is -2.21. The lowest BCUT2D eigenvalue weighted by Crippen LogP contribution is -2.25. The minimum Gasteiger partial charge on any atom is -0.478 e. The van der Waals surface area contributed by atoms with E-state index in [4.69, 9.17) is 0 Å². The maximum absolute atomic E-state index is 12.8. The quantitative estimate of drug-likeness (QED) is 0.693. The Labute approximate surface area is 166 Å². The number of Topliss-reactive ketones (excluding diaryl/α,β-unsaturated/α-hetero) is 1. The molecule has 1 amide bonds. The van der Waals surface area contributed by atoms with E-state index in [-0.39, 0.29) is 23.8 Å². The van der Waals surface area contributed by atoms with Crippen molar-refractivity contribution in [3.8, 4) is 0 Å². The molecular weight excluding hydrogens is 376 g/mol. The number of aryl methyl sites for hydroxylation is 1. The molecule has 0 unspecified atom stereocenters. The van der Waals surface area contributed by atoms with E-state index in [9.17, 15) is 19.5 Å². The number of carboxylic acid groups (broad SMARTS) is 1. The SMILES string of the molecule is CCc1cccc(C(=O)O)c1NC(=O)C1=CN(CC(=O)c2cccs2)C=CC1. The Balaban J connectivity index is 1.77. The minimum atomic E-state index is -1.09. The van der Waals surface area contributed by atoms with Crippen LogP contribution < -0.4 is 5.32 Å². The van der Waals surface area contributed by atoms with Crippen molar-refractivity contribution < 1.29 is 19.5 Å². The third kappa shape index (κ3) is 4.37. The molecule has 0 aliphatic carbocycles. The molecule has 0 atom stereocenters. The molecule has 0 radical (unpaired) electrons. The Bertz CT molecular complexity index is 961. The number of aromatic carboxylic acids is 1. The van der Waals surface area contributed by atoms with Crippen LogP contribution in [-0.4, -0.2) is 34.2 Å². The van der Waals surface area contributed by atoms with Crippen molar-refractivity contribution in [3.63, 3.8) is 0 Å². The van der Waals surface area contributed by atoms with Crippen molar-refractivity contribution in [3.05, 3.63) is 75.8 Å². The van der Waals surface area contributed by atoms with Gasteiger partial charge in [-0.1, -0.05) is 31.2 Å². The topological polar surface area (TPSA) is 86.7 Å². The smallest absolute Gasteiger partial charge is 0.337 e. The highest BCUT2D eigenvalue weighted by Crippen LogP contribution is 2.24. The fourth-order valence-corrected chi connectivity index (χ4v) is 3.61. The number of thiophene rings is 1. The number of carbonyl (C=O) groups is 3. The Hall–Kier alpha value is -3.19. The molecule has 1 aliphatic rings. The molecule has 28 heavy (non-hydrogen) atoms. The largest absolute Gasteiger partial charge is 0.478 e. The summed E-state index contributed by atoms with van der Waals surface area (Å²) in [6.45, 7) is 2.04. The van der Waals surface area contributed by atoms with Gasteiger partial charge in [-0.25, -0.2) is 4.79 Å². The highest BCUT2D eigenvalue weighted by Gasteiger charge is 2.20. The van der Waals surface area contributed by atoms with E-state index < -0.39 is 5.97 Å². The average Bonchev–Trinajstić information content (AvgIpc) is 3.23. The number of rotatable bonds is 7. The zero-order chi connectivity index (χ0) is 20.1. The summed E-state index contributed by atoms with van der Waals surface area (Å²) >= 11 is 1.38. The third-order valence-corrected chi connectivity index (χ3v) is 5.28. The van der Waals surface area contributed by atoms with Crippen molar-refractivity contribution >= 4 is 34.7 Å². The van der Waals surface area contributed by atoms with Gasteiger partial charge >= 0.3 is 5.97 Å².